The first-order chi connectivity index (χ1) is 19.3. The van der Waals surface area contributed by atoms with Crippen molar-refractivity contribution in [3.8, 4) is 5.75 Å². The summed E-state index contributed by atoms with van der Waals surface area (Å²) in [6.45, 7) is 5.87. The molecule has 10 heteroatoms. The molecule has 1 aliphatic heterocycles. The lowest BCUT2D eigenvalue weighted by Gasteiger charge is -2.20. The molecule has 0 radical (unpaired) electrons. The maximum atomic E-state index is 13.3. The molecular weight excluding hydrogens is 532 g/mol. The van der Waals surface area contributed by atoms with Gasteiger partial charge in [-0.05, 0) is 68.3 Å². The zero-order chi connectivity index (χ0) is 28.4. The van der Waals surface area contributed by atoms with Crippen LogP contribution in [0.2, 0.25) is 0 Å². The van der Waals surface area contributed by atoms with E-state index in [1.54, 1.807) is 50.2 Å². The molecule has 0 spiro atoms. The smallest absolute Gasteiger partial charge is 0.350 e. The van der Waals surface area contributed by atoms with Crippen molar-refractivity contribution >= 4 is 39.9 Å². The number of carbonyl (C=O) groups is 3. The summed E-state index contributed by atoms with van der Waals surface area (Å²) in [4.78, 5) is 44.7. The van der Waals surface area contributed by atoms with Crippen molar-refractivity contribution in [3.63, 3.8) is 0 Å². The van der Waals surface area contributed by atoms with Crippen molar-refractivity contribution in [1.29, 1.82) is 0 Å². The molecule has 1 unspecified atom stereocenters. The van der Waals surface area contributed by atoms with Gasteiger partial charge in [-0.1, -0.05) is 35.6 Å². The Bertz CT molecular complexity index is 1600. The Hall–Kier alpha value is -4.70. The van der Waals surface area contributed by atoms with Crippen molar-refractivity contribution in [2.24, 2.45) is 0 Å². The van der Waals surface area contributed by atoms with Gasteiger partial charge in [-0.2, -0.15) is 0 Å². The van der Waals surface area contributed by atoms with E-state index in [2.05, 4.69) is 4.98 Å². The zero-order valence-electron chi connectivity index (χ0n) is 22.0. The Morgan fingerprint density at radius 3 is 2.50 bits per heavy atom. The van der Waals surface area contributed by atoms with Crippen LogP contribution >= 0.6 is 11.3 Å². The summed E-state index contributed by atoms with van der Waals surface area (Å²) in [6.07, 6.45) is 1.41. The monoisotopic (exact) mass is 558 g/mol. The van der Waals surface area contributed by atoms with Crippen LogP contribution in [-0.4, -0.2) is 34.4 Å². The number of hydrogen-bond donors (Lipinski definition) is 1. The van der Waals surface area contributed by atoms with Gasteiger partial charge in [0.1, 0.15) is 34.8 Å². The van der Waals surface area contributed by atoms with Crippen LogP contribution in [0.5, 0.6) is 5.75 Å². The molecule has 1 atom stereocenters. The highest BCUT2D eigenvalue weighted by atomic mass is 32.1. The number of benzene rings is 2. The van der Waals surface area contributed by atoms with Crippen molar-refractivity contribution in [1.82, 2.24) is 4.98 Å². The number of esters is 1. The molecule has 1 saturated heterocycles. The second-order valence-electron chi connectivity index (χ2n) is 9.06. The number of aliphatic hydroxyl groups is 1. The Balaban J connectivity index is 1.49. The predicted molar refractivity (Wildman–Crippen MR) is 148 cm³/mol. The number of thiazole rings is 1. The maximum Gasteiger partial charge on any atom is 0.350 e. The summed E-state index contributed by atoms with van der Waals surface area (Å²) in [6, 6.07) is 16.6. The number of hydrogen-bond acceptors (Lipinski definition) is 9. The van der Waals surface area contributed by atoms with Gasteiger partial charge in [0, 0.05) is 5.56 Å². The number of amides is 1. The topological polar surface area (TPSA) is 119 Å². The first-order valence-electron chi connectivity index (χ1n) is 12.6. The fourth-order valence-corrected chi connectivity index (χ4v) is 5.40. The third-order valence-corrected chi connectivity index (χ3v) is 7.63. The number of aryl methyl sites for hydroxylation is 2. The number of aliphatic hydroxyl groups excluding tert-OH is 1. The molecule has 1 fully saturated rings. The highest BCUT2D eigenvalue weighted by molar-refractivity contribution is 7.17. The SMILES string of the molecule is CCOC(=O)c1sc(N2C(=O)C(=O)/C(=C(/O)c3ccc(OCc4ccccc4C)cc3)C2c2ccco2)nc1C. The van der Waals surface area contributed by atoms with E-state index in [1.165, 1.54) is 6.26 Å². The van der Waals surface area contributed by atoms with E-state index in [9.17, 15) is 19.5 Å². The van der Waals surface area contributed by atoms with E-state index >= 15 is 0 Å². The fraction of sp³-hybridized carbons (Fsp3) is 0.200. The number of aromatic nitrogens is 1. The van der Waals surface area contributed by atoms with Gasteiger partial charge in [0.25, 0.3) is 5.78 Å². The highest BCUT2D eigenvalue weighted by Gasteiger charge is 2.49. The lowest BCUT2D eigenvalue weighted by atomic mass is 9.99. The molecule has 2 aromatic heterocycles. The molecule has 5 rings (SSSR count). The van der Waals surface area contributed by atoms with Gasteiger partial charge in [-0.3, -0.25) is 14.5 Å². The van der Waals surface area contributed by atoms with Gasteiger partial charge in [-0.25, -0.2) is 9.78 Å². The fourth-order valence-electron chi connectivity index (χ4n) is 4.41. The van der Waals surface area contributed by atoms with Crippen LogP contribution < -0.4 is 9.64 Å². The molecule has 0 bridgehead atoms. The second-order valence-corrected chi connectivity index (χ2v) is 10.0. The number of nitrogens with zero attached hydrogens (tertiary/aromatic N) is 2. The highest BCUT2D eigenvalue weighted by Crippen LogP contribution is 2.44. The van der Waals surface area contributed by atoms with E-state index in [0.717, 1.165) is 27.4 Å². The molecule has 2 aromatic carbocycles. The van der Waals surface area contributed by atoms with Crippen LogP contribution in [-0.2, 0) is 20.9 Å². The van der Waals surface area contributed by atoms with E-state index in [-0.39, 0.29) is 33.7 Å². The molecule has 40 heavy (non-hydrogen) atoms. The molecule has 0 aliphatic carbocycles. The number of carbonyl (C=O) groups excluding carboxylic acids is 3. The summed E-state index contributed by atoms with van der Waals surface area (Å²) in [5, 5.41) is 11.4. The van der Waals surface area contributed by atoms with E-state index in [4.69, 9.17) is 13.9 Å². The Labute approximate surface area is 234 Å². The molecule has 1 aliphatic rings. The van der Waals surface area contributed by atoms with Gasteiger partial charge < -0.3 is 19.0 Å². The first-order valence-corrected chi connectivity index (χ1v) is 13.4. The minimum absolute atomic E-state index is 0.114. The lowest BCUT2D eigenvalue weighted by Crippen LogP contribution is -2.29. The predicted octanol–water partition coefficient (Wildman–Crippen LogP) is 5.73. The molecule has 1 N–H and O–H groups in total. The van der Waals surface area contributed by atoms with Crippen molar-refractivity contribution in [2.45, 2.75) is 33.4 Å². The summed E-state index contributed by atoms with van der Waals surface area (Å²) >= 11 is 0.933. The third-order valence-electron chi connectivity index (χ3n) is 6.49. The van der Waals surface area contributed by atoms with Crippen LogP contribution in [0.3, 0.4) is 0 Å². The third kappa shape index (κ3) is 5.01. The van der Waals surface area contributed by atoms with Crippen molar-refractivity contribution < 1.29 is 33.4 Å². The summed E-state index contributed by atoms with van der Waals surface area (Å²) in [5.74, 6) is -1.90. The molecule has 1 amide bonds. The standard InChI is InChI=1S/C30H26N2O7S/c1-4-37-29(36)27-18(3)31-30(40-27)32-24(22-10-7-15-38-22)23(26(34)28(32)35)25(33)19-11-13-21(14-12-19)39-16-20-9-6-5-8-17(20)2/h5-15,24,33H,4,16H2,1-3H3/b25-23+. The Kier molecular flexibility index (Phi) is 7.52. The number of ether oxygens (including phenoxy) is 2. The molecule has 9 nitrogen and oxygen atoms in total. The number of Topliss-reactive ketones (excluding diaryl/α,β-unsaturated/α-hetero) is 1. The van der Waals surface area contributed by atoms with Gasteiger partial charge in [0.15, 0.2) is 5.13 Å². The van der Waals surface area contributed by atoms with E-state index in [0.29, 0.717) is 23.6 Å². The quantitative estimate of drug-likeness (QED) is 0.126. The number of rotatable bonds is 8. The molecular formula is C30H26N2O7S. The number of ketones is 1. The zero-order valence-corrected chi connectivity index (χ0v) is 22.9. The first kappa shape index (κ1) is 26.9. The summed E-state index contributed by atoms with van der Waals surface area (Å²) < 4.78 is 16.6. The molecule has 0 saturated carbocycles. The normalized spacial score (nSPS) is 16.4. The lowest BCUT2D eigenvalue weighted by molar-refractivity contribution is -0.132. The summed E-state index contributed by atoms with van der Waals surface area (Å²) in [5.41, 5.74) is 2.69. The van der Waals surface area contributed by atoms with Crippen LogP contribution in [0.15, 0.2) is 76.9 Å². The van der Waals surface area contributed by atoms with Crippen LogP contribution in [0, 0.1) is 13.8 Å². The molecule has 4 aromatic rings. The van der Waals surface area contributed by atoms with Gasteiger partial charge in [0.05, 0.1) is 24.1 Å². The van der Waals surface area contributed by atoms with Crippen LogP contribution in [0.1, 0.15) is 50.8 Å². The minimum Gasteiger partial charge on any atom is -0.507 e. The van der Waals surface area contributed by atoms with E-state index in [1.807, 2.05) is 31.2 Å². The Morgan fingerprint density at radius 1 is 1.07 bits per heavy atom. The average Bonchev–Trinajstić information content (AvgIpc) is 3.67. The molecule has 3 heterocycles. The van der Waals surface area contributed by atoms with Gasteiger partial charge in [-0.15, -0.1) is 0 Å². The summed E-state index contributed by atoms with van der Waals surface area (Å²) in [7, 11) is 0. The van der Waals surface area contributed by atoms with Crippen LogP contribution in [0.4, 0.5) is 5.13 Å². The van der Waals surface area contributed by atoms with E-state index < -0.39 is 23.7 Å². The van der Waals surface area contributed by atoms with Gasteiger partial charge >= 0.3 is 11.9 Å². The largest absolute Gasteiger partial charge is 0.507 e. The molecule has 204 valence electrons. The minimum atomic E-state index is -1.09. The Morgan fingerprint density at radius 2 is 1.82 bits per heavy atom. The van der Waals surface area contributed by atoms with Crippen molar-refractivity contribution in [3.05, 3.63) is 106 Å². The average molecular weight is 559 g/mol. The number of furan rings is 1. The number of anilines is 1. The van der Waals surface area contributed by atoms with Crippen LogP contribution in [0.25, 0.3) is 5.76 Å². The second kappa shape index (κ2) is 11.2. The van der Waals surface area contributed by atoms with Crippen molar-refractivity contribution in [2.75, 3.05) is 11.5 Å². The maximum absolute atomic E-state index is 13.3. The van der Waals surface area contributed by atoms with Gasteiger partial charge in [0.2, 0.25) is 0 Å².